The van der Waals surface area contributed by atoms with E-state index in [-0.39, 0.29) is 5.75 Å². The molecule has 2 aromatic rings. The highest BCUT2D eigenvalue weighted by Gasteiger charge is 2.21. The van der Waals surface area contributed by atoms with Crippen molar-refractivity contribution in [2.45, 2.75) is 20.3 Å². The second-order valence-corrected chi connectivity index (χ2v) is 9.28. The zero-order chi connectivity index (χ0) is 20.1. The van der Waals surface area contributed by atoms with Gasteiger partial charge in [-0.25, -0.2) is 8.42 Å². The van der Waals surface area contributed by atoms with E-state index >= 15 is 0 Å². The number of nitrogens with zero attached hydrogens (tertiary/aromatic N) is 2. The summed E-state index contributed by atoms with van der Waals surface area (Å²) in [5.74, 6) is 0.0728. The van der Waals surface area contributed by atoms with Crippen molar-refractivity contribution < 1.29 is 8.42 Å². The molecule has 28 heavy (non-hydrogen) atoms. The number of hydrogen-bond donors (Lipinski definition) is 1. The van der Waals surface area contributed by atoms with Gasteiger partial charge in [0.1, 0.15) is 0 Å². The van der Waals surface area contributed by atoms with E-state index in [1.54, 1.807) is 0 Å². The summed E-state index contributed by atoms with van der Waals surface area (Å²) in [7, 11) is -3.43. The number of nitrogens with one attached hydrogen (secondary N) is 1. The molecule has 0 saturated carbocycles. The minimum absolute atomic E-state index is 0.0728. The zero-order valence-electron chi connectivity index (χ0n) is 16.5. The van der Waals surface area contributed by atoms with Crippen LogP contribution in [0.3, 0.4) is 0 Å². The van der Waals surface area contributed by atoms with Gasteiger partial charge in [0.05, 0.1) is 16.5 Å². The van der Waals surface area contributed by atoms with Crippen molar-refractivity contribution in [3.05, 3.63) is 47.5 Å². The third kappa shape index (κ3) is 4.99. The van der Waals surface area contributed by atoms with Gasteiger partial charge in [0.2, 0.25) is 10.0 Å². The van der Waals surface area contributed by atoms with Crippen molar-refractivity contribution in [1.82, 2.24) is 4.90 Å². The number of piperazine rings is 1. The molecule has 152 valence electrons. The SMILES string of the molecule is CCCS(=O)(=O)Nc1cc(N2CCN(CC)CC2)cc(-c2ccccc2)c1Cl. The second kappa shape index (κ2) is 9.16. The normalized spacial score (nSPS) is 15.6. The Morgan fingerprint density at radius 3 is 2.32 bits per heavy atom. The molecular formula is C21H28ClN3O2S. The molecule has 7 heteroatoms. The van der Waals surface area contributed by atoms with Crippen molar-refractivity contribution in [3.63, 3.8) is 0 Å². The minimum Gasteiger partial charge on any atom is -0.369 e. The van der Waals surface area contributed by atoms with Gasteiger partial charge in [-0.2, -0.15) is 0 Å². The Morgan fingerprint density at radius 2 is 1.71 bits per heavy atom. The van der Waals surface area contributed by atoms with E-state index in [1.807, 2.05) is 43.3 Å². The first kappa shape index (κ1) is 21.0. The van der Waals surface area contributed by atoms with Gasteiger partial charge in [0.25, 0.3) is 0 Å². The lowest BCUT2D eigenvalue weighted by molar-refractivity contribution is 0.271. The lowest BCUT2D eigenvalue weighted by Crippen LogP contribution is -2.46. The molecule has 1 fully saturated rings. The fraction of sp³-hybridized carbons (Fsp3) is 0.429. The van der Waals surface area contributed by atoms with Gasteiger partial charge in [-0.05, 0) is 30.7 Å². The van der Waals surface area contributed by atoms with Crippen LogP contribution in [0.1, 0.15) is 20.3 Å². The van der Waals surface area contributed by atoms with Crippen molar-refractivity contribution in [2.75, 3.05) is 48.1 Å². The number of sulfonamides is 1. The molecule has 1 saturated heterocycles. The first-order chi connectivity index (χ1) is 13.4. The quantitative estimate of drug-likeness (QED) is 0.724. The molecule has 1 aliphatic heterocycles. The summed E-state index contributed by atoms with van der Waals surface area (Å²) < 4.78 is 27.5. The third-order valence-electron chi connectivity index (χ3n) is 5.07. The van der Waals surface area contributed by atoms with E-state index in [9.17, 15) is 8.42 Å². The Labute approximate surface area is 173 Å². The van der Waals surface area contributed by atoms with E-state index in [2.05, 4.69) is 27.5 Å². The molecule has 0 amide bonds. The van der Waals surface area contributed by atoms with Crippen molar-refractivity contribution in [2.24, 2.45) is 0 Å². The zero-order valence-corrected chi connectivity index (χ0v) is 18.1. The maximum atomic E-state index is 12.4. The van der Waals surface area contributed by atoms with Crippen LogP contribution in [-0.2, 0) is 10.0 Å². The van der Waals surface area contributed by atoms with Crippen molar-refractivity contribution in [3.8, 4) is 11.1 Å². The van der Waals surface area contributed by atoms with Crippen LogP contribution in [-0.4, -0.2) is 51.8 Å². The average Bonchev–Trinajstić information content (AvgIpc) is 2.70. The Morgan fingerprint density at radius 1 is 1.04 bits per heavy atom. The monoisotopic (exact) mass is 421 g/mol. The Kier molecular flexibility index (Phi) is 6.86. The standard InChI is InChI=1S/C21H28ClN3O2S/c1-3-14-28(26,27)23-20-16-18(25-12-10-24(4-2)11-13-25)15-19(21(20)22)17-8-6-5-7-9-17/h5-9,15-16,23H,3-4,10-14H2,1-2H3. The summed E-state index contributed by atoms with van der Waals surface area (Å²) in [4.78, 5) is 4.71. The molecular weight excluding hydrogens is 394 g/mol. The summed E-state index contributed by atoms with van der Waals surface area (Å²) in [6, 6.07) is 13.8. The second-order valence-electron chi connectivity index (χ2n) is 7.06. The third-order valence-corrected chi connectivity index (χ3v) is 6.95. The summed E-state index contributed by atoms with van der Waals surface area (Å²) in [5.41, 5.74) is 3.25. The molecule has 5 nitrogen and oxygen atoms in total. The first-order valence-corrected chi connectivity index (χ1v) is 11.8. The molecule has 1 aliphatic rings. The van der Waals surface area contributed by atoms with Crippen LogP contribution in [0.25, 0.3) is 11.1 Å². The summed E-state index contributed by atoms with van der Waals surface area (Å²) >= 11 is 6.65. The number of halogens is 1. The largest absolute Gasteiger partial charge is 0.369 e. The van der Waals surface area contributed by atoms with Crippen molar-refractivity contribution >= 4 is 33.0 Å². The van der Waals surface area contributed by atoms with E-state index in [4.69, 9.17) is 11.6 Å². The highest BCUT2D eigenvalue weighted by Crippen LogP contribution is 2.38. The van der Waals surface area contributed by atoms with Crippen LogP contribution in [0.2, 0.25) is 5.02 Å². The van der Waals surface area contributed by atoms with Crippen LogP contribution in [0.4, 0.5) is 11.4 Å². The fourth-order valence-corrected chi connectivity index (χ4v) is 4.96. The fourth-order valence-electron chi connectivity index (χ4n) is 3.50. The number of hydrogen-bond acceptors (Lipinski definition) is 4. The van der Waals surface area contributed by atoms with Crippen LogP contribution >= 0.6 is 11.6 Å². The van der Waals surface area contributed by atoms with E-state index in [0.717, 1.165) is 49.5 Å². The molecule has 0 unspecified atom stereocenters. The predicted octanol–water partition coefficient (Wildman–Crippen LogP) is 4.30. The lowest BCUT2D eigenvalue weighted by atomic mass is 10.0. The molecule has 3 rings (SSSR count). The maximum Gasteiger partial charge on any atom is 0.232 e. The number of benzene rings is 2. The highest BCUT2D eigenvalue weighted by molar-refractivity contribution is 7.92. The molecule has 1 N–H and O–H groups in total. The van der Waals surface area contributed by atoms with E-state index in [1.165, 1.54) is 0 Å². The molecule has 2 aromatic carbocycles. The smallest absolute Gasteiger partial charge is 0.232 e. The van der Waals surface area contributed by atoms with Gasteiger partial charge >= 0.3 is 0 Å². The van der Waals surface area contributed by atoms with Crippen molar-refractivity contribution in [1.29, 1.82) is 0 Å². The number of rotatable bonds is 7. The Bertz CT molecular complexity index is 895. The van der Waals surface area contributed by atoms with Gasteiger partial charge in [0, 0.05) is 37.4 Å². The molecule has 0 aliphatic carbocycles. The molecule has 0 atom stereocenters. The topological polar surface area (TPSA) is 52.7 Å². The minimum atomic E-state index is -3.43. The number of anilines is 2. The van der Waals surface area contributed by atoms with Gasteiger partial charge in [-0.1, -0.05) is 55.8 Å². The highest BCUT2D eigenvalue weighted by atomic mass is 35.5. The van der Waals surface area contributed by atoms with Crippen LogP contribution in [0, 0.1) is 0 Å². The summed E-state index contributed by atoms with van der Waals surface area (Å²) in [5, 5.41) is 0.432. The molecule has 0 spiro atoms. The van der Waals surface area contributed by atoms with E-state index in [0.29, 0.717) is 17.1 Å². The average molecular weight is 422 g/mol. The van der Waals surface area contributed by atoms with Crippen LogP contribution in [0.5, 0.6) is 0 Å². The number of likely N-dealkylation sites (N-methyl/N-ethyl adjacent to an activating group) is 1. The van der Waals surface area contributed by atoms with Crippen LogP contribution in [0.15, 0.2) is 42.5 Å². The molecule has 1 heterocycles. The molecule has 0 aromatic heterocycles. The lowest BCUT2D eigenvalue weighted by Gasteiger charge is -2.36. The first-order valence-electron chi connectivity index (χ1n) is 9.80. The predicted molar refractivity (Wildman–Crippen MR) is 119 cm³/mol. The molecule has 0 radical (unpaired) electrons. The van der Waals surface area contributed by atoms with E-state index < -0.39 is 10.0 Å². The van der Waals surface area contributed by atoms with Gasteiger partial charge in [0.15, 0.2) is 0 Å². The summed E-state index contributed by atoms with van der Waals surface area (Å²) in [6.07, 6.45) is 0.553. The Hall–Kier alpha value is -1.76. The molecule has 0 bridgehead atoms. The van der Waals surface area contributed by atoms with Gasteiger partial charge < -0.3 is 9.80 Å². The van der Waals surface area contributed by atoms with Crippen LogP contribution < -0.4 is 9.62 Å². The maximum absolute atomic E-state index is 12.4. The van der Waals surface area contributed by atoms with Gasteiger partial charge in [-0.3, -0.25) is 4.72 Å². The van der Waals surface area contributed by atoms with Gasteiger partial charge in [-0.15, -0.1) is 0 Å². The summed E-state index contributed by atoms with van der Waals surface area (Å²) in [6.45, 7) is 8.88. The Balaban J connectivity index is 2.01.